The van der Waals surface area contributed by atoms with Gasteiger partial charge in [0.25, 0.3) is 5.91 Å². The Morgan fingerprint density at radius 1 is 0.733 bits per heavy atom. The van der Waals surface area contributed by atoms with Crippen molar-refractivity contribution in [1.29, 1.82) is 0 Å². The van der Waals surface area contributed by atoms with Crippen LogP contribution < -0.4 is 0 Å². The van der Waals surface area contributed by atoms with Crippen molar-refractivity contribution in [3.8, 4) is 0 Å². The number of benzene rings is 3. The van der Waals surface area contributed by atoms with Gasteiger partial charge in [-0.2, -0.15) is 0 Å². The van der Waals surface area contributed by atoms with Gasteiger partial charge in [0, 0.05) is 35.0 Å². The molecule has 0 fully saturated rings. The Labute approximate surface area is 185 Å². The van der Waals surface area contributed by atoms with E-state index >= 15 is 0 Å². The van der Waals surface area contributed by atoms with Crippen LogP contribution in [-0.4, -0.2) is 15.4 Å². The molecule has 0 bridgehead atoms. The fraction of sp³-hybridized carbons (Fsp3) is 0.115. The molecule has 4 aromatic rings. The zero-order valence-corrected chi connectivity index (χ0v) is 18.2. The van der Waals surface area contributed by atoms with Crippen LogP contribution >= 0.6 is 15.9 Å². The van der Waals surface area contributed by atoms with E-state index < -0.39 is 0 Å². The monoisotopic (exact) mass is 458 g/mol. The molecule has 1 heterocycles. The van der Waals surface area contributed by atoms with Crippen LogP contribution in [0.5, 0.6) is 0 Å². The average molecular weight is 459 g/mol. The molecule has 3 nitrogen and oxygen atoms in total. The van der Waals surface area contributed by atoms with Gasteiger partial charge >= 0.3 is 0 Å². The first-order chi connectivity index (χ1) is 14.7. The van der Waals surface area contributed by atoms with Crippen LogP contribution in [0.3, 0.4) is 0 Å². The highest BCUT2D eigenvalue weighted by molar-refractivity contribution is 9.10. The van der Waals surface area contributed by atoms with E-state index in [1.807, 2.05) is 59.5 Å². The molecule has 0 saturated heterocycles. The molecular weight excluding hydrogens is 436 g/mol. The van der Waals surface area contributed by atoms with Gasteiger partial charge in [0.2, 0.25) is 0 Å². The fourth-order valence-corrected chi connectivity index (χ4v) is 3.77. The minimum atomic E-state index is 0.0267. The summed E-state index contributed by atoms with van der Waals surface area (Å²) < 4.78 is 3.17. The Morgan fingerprint density at radius 2 is 1.37 bits per heavy atom. The van der Waals surface area contributed by atoms with Crippen molar-refractivity contribution in [3.05, 3.63) is 130 Å². The number of halogens is 1. The summed E-state index contributed by atoms with van der Waals surface area (Å²) in [6, 6.07) is 32.2. The molecule has 0 aliphatic carbocycles. The normalized spacial score (nSPS) is 10.7. The van der Waals surface area contributed by atoms with E-state index in [2.05, 4.69) is 69.2 Å². The Bertz CT molecular complexity index is 1090. The second kappa shape index (κ2) is 9.59. The van der Waals surface area contributed by atoms with Crippen LogP contribution in [0.25, 0.3) is 0 Å². The summed E-state index contributed by atoms with van der Waals surface area (Å²) in [5, 5.41) is 0. The Morgan fingerprint density at radius 3 is 2.03 bits per heavy atom. The van der Waals surface area contributed by atoms with E-state index in [9.17, 15) is 4.79 Å². The van der Waals surface area contributed by atoms with Crippen molar-refractivity contribution in [2.75, 3.05) is 0 Å². The minimum absolute atomic E-state index is 0.0267. The first kappa shape index (κ1) is 20.2. The van der Waals surface area contributed by atoms with Crippen LogP contribution in [0.4, 0.5) is 0 Å². The number of hydrogen-bond acceptors (Lipinski definition) is 1. The molecule has 1 aromatic heterocycles. The fourth-order valence-electron chi connectivity index (χ4n) is 3.50. The van der Waals surface area contributed by atoms with Gasteiger partial charge in [-0.15, -0.1) is 0 Å². The lowest BCUT2D eigenvalue weighted by Gasteiger charge is -2.24. The first-order valence-corrected chi connectivity index (χ1v) is 10.7. The third kappa shape index (κ3) is 5.08. The summed E-state index contributed by atoms with van der Waals surface area (Å²) in [7, 11) is 0. The largest absolute Gasteiger partial charge is 0.345 e. The molecule has 1 amide bonds. The van der Waals surface area contributed by atoms with Gasteiger partial charge in [0.1, 0.15) is 0 Å². The van der Waals surface area contributed by atoms with Gasteiger partial charge in [-0.25, -0.2) is 0 Å². The van der Waals surface area contributed by atoms with E-state index in [4.69, 9.17) is 0 Å². The lowest BCUT2D eigenvalue weighted by Crippen LogP contribution is -2.31. The quantitative estimate of drug-likeness (QED) is 0.326. The number of amides is 1. The highest BCUT2D eigenvalue weighted by Crippen LogP contribution is 2.18. The number of aromatic nitrogens is 1. The van der Waals surface area contributed by atoms with Gasteiger partial charge in [-0.05, 0) is 47.5 Å². The molecule has 0 saturated carbocycles. The molecule has 0 unspecified atom stereocenters. The number of hydrogen-bond donors (Lipinski definition) is 0. The number of nitrogens with zero attached hydrogens (tertiary/aromatic N) is 2. The molecule has 0 aliphatic rings. The van der Waals surface area contributed by atoms with Crippen molar-refractivity contribution in [3.63, 3.8) is 0 Å². The lowest BCUT2D eigenvalue weighted by atomic mass is 10.1. The predicted molar refractivity (Wildman–Crippen MR) is 124 cm³/mol. The van der Waals surface area contributed by atoms with Crippen molar-refractivity contribution in [2.45, 2.75) is 19.6 Å². The third-order valence-corrected chi connectivity index (χ3v) is 5.60. The van der Waals surface area contributed by atoms with E-state index in [-0.39, 0.29) is 5.91 Å². The standard InChI is InChI=1S/C26H23BrN2O/c27-24-15-13-23(14-16-24)26(30)29(19-22-10-5-2-6-11-22)20-25-12-7-17-28(25)18-21-8-3-1-4-9-21/h1-17H,18-20H2. The minimum Gasteiger partial charge on any atom is -0.345 e. The van der Waals surface area contributed by atoms with Crippen LogP contribution in [0.2, 0.25) is 0 Å². The van der Waals surface area contributed by atoms with Gasteiger partial charge < -0.3 is 9.47 Å². The Kier molecular flexibility index (Phi) is 6.45. The van der Waals surface area contributed by atoms with Gasteiger partial charge in [0.05, 0.1) is 6.54 Å². The highest BCUT2D eigenvalue weighted by atomic mass is 79.9. The van der Waals surface area contributed by atoms with Crippen LogP contribution in [-0.2, 0) is 19.6 Å². The smallest absolute Gasteiger partial charge is 0.254 e. The Balaban J connectivity index is 1.59. The first-order valence-electron chi connectivity index (χ1n) is 9.96. The number of carbonyl (C=O) groups excluding carboxylic acids is 1. The van der Waals surface area contributed by atoms with E-state index in [1.54, 1.807) is 0 Å². The Hall–Kier alpha value is -3.11. The molecule has 0 aliphatic heterocycles. The SMILES string of the molecule is O=C(c1ccc(Br)cc1)N(Cc1ccccc1)Cc1cccn1Cc1ccccc1. The molecule has 0 N–H and O–H groups in total. The van der Waals surface area contributed by atoms with E-state index in [1.165, 1.54) is 5.56 Å². The summed E-state index contributed by atoms with van der Waals surface area (Å²) in [6.45, 7) is 1.89. The number of carbonyl (C=O) groups is 1. The molecular formula is C26H23BrN2O. The zero-order chi connectivity index (χ0) is 20.8. The van der Waals surface area contributed by atoms with Crippen molar-refractivity contribution in [1.82, 2.24) is 9.47 Å². The van der Waals surface area contributed by atoms with E-state index in [0.717, 1.165) is 22.3 Å². The van der Waals surface area contributed by atoms with Gasteiger partial charge in [-0.3, -0.25) is 4.79 Å². The molecule has 0 atom stereocenters. The summed E-state index contributed by atoms with van der Waals surface area (Å²) in [6.07, 6.45) is 2.08. The molecule has 4 rings (SSSR count). The average Bonchev–Trinajstić information content (AvgIpc) is 3.21. The van der Waals surface area contributed by atoms with Crippen LogP contribution in [0.15, 0.2) is 108 Å². The van der Waals surface area contributed by atoms with Gasteiger partial charge in [0.15, 0.2) is 0 Å². The molecule has 0 spiro atoms. The predicted octanol–water partition coefficient (Wildman–Crippen LogP) is 6.14. The topological polar surface area (TPSA) is 25.2 Å². The lowest BCUT2D eigenvalue weighted by molar-refractivity contribution is 0.0726. The second-order valence-electron chi connectivity index (χ2n) is 7.27. The molecule has 150 valence electrons. The molecule has 30 heavy (non-hydrogen) atoms. The summed E-state index contributed by atoms with van der Waals surface area (Å²) >= 11 is 3.45. The van der Waals surface area contributed by atoms with Gasteiger partial charge in [-0.1, -0.05) is 76.6 Å². The van der Waals surface area contributed by atoms with Crippen molar-refractivity contribution in [2.24, 2.45) is 0 Å². The summed E-state index contributed by atoms with van der Waals surface area (Å²) in [5.74, 6) is 0.0267. The summed E-state index contributed by atoms with van der Waals surface area (Å²) in [5.41, 5.74) is 4.16. The molecule has 0 radical (unpaired) electrons. The van der Waals surface area contributed by atoms with E-state index in [0.29, 0.717) is 18.7 Å². The highest BCUT2D eigenvalue weighted by Gasteiger charge is 2.18. The maximum atomic E-state index is 13.4. The summed E-state index contributed by atoms with van der Waals surface area (Å²) in [4.78, 5) is 15.3. The number of rotatable bonds is 7. The maximum absolute atomic E-state index is 13.4. The van der Waals surface area contributed by atoms with Crippen molar-refractivity contribution < 1.29 is 4.79 Å². The zero-order valence-electron chi connectivity index (χ0n) is 16.6. The maximum Gasteiger partial charge on any atom is 0.254 e. The third-order valence-electron chi connectivity index (χ3n) is 5.07. The van der Waals surface area contributed by atoms with Crippen molar-refractivity contribution >= 4 is 21.8 Å². The van der Waals surface area contributed by atoms with Crippen LogP contribution in [0.1, 0.15) is 27.2 Å². The second-order valence-corrected chi connectivity index (χ2v) is 8.18. The molecule has 4 heteroatoms. The molecule has 3 aromatic carbocycles. The van der Waals surface area contributed by atoms with Crippen LogP contribution in [0, 0.1) is 0 Å².